The summed E-state index contributed by atoms with van der Waals surface area (Å²) in [6, 6.07) is 41.7. The monoisotopic (exact) mass is 1080 g/mol. The Hall–Kier alpha value is -7.50. The first-order valence-electron chi connectivity index (χ1n) is 27.4. The van der Waals surface area contributed by atoms with Crippen LogP contribution >= 0.6 is 12.2 Å². The fourth-order valence-electron chi connectivity index (χ4n) is 11.1. The van der Waals surface area contributed by atoms with E-state index in [-0.39, 0.29) is 33.8 Å². The minimum absolute atomic E-state index is 0.0535. The zero-order valence-corrected chi connectivity index (χ0v) is 45.8. The third-order valence-corrected chi connectivity index (χ3v) is 16.0. The first kappa shape index (κ1) is 57.7. The molecule has 7 aromatic rings. The molecule has 0 spiro atoms. The standard InChI is InChI=1S/C25H26N4O2S.C19H23N3O2.C19H22N2O2/c30-18-22(31)19-16-26-23(27-17-19)15-25(20-7-3-1-4-8-20)11-13-29(14-12-25)24(32)28-21-9-5-2-6-10-21;1-2-24-18(23)15-13-21-17(22-14-15)12-19(8-10-20-11-9-19)16-6-4-3-5-7-16;22-14-17(23)15-12-20-18(21-13-15)11-19(9-5-2-6-10-19)16-7-3-1-4-8-16/h1-10,16-17,30H,11-15,18H2,(H,28,32);3-7,13-14,20H,2,8-12H2,1H3;1,3-4,7-8,12-13,22H,2,5-6,9-11,14H2. The number of aliphatic hydroxyl groups excluding tert-OH is 2. The number of aromatic nitrogens is 6. The highest BCUT2D eigenvalue weighted by molar-refractivity contribution is 7.80. The molecule has 4 aromatic carbocycles. The highest BCUT2D eigenvalue weighted by Gasteiger charge is 2.39. The van der Waals surface area contributed by atoms with Gasteiger partial charge in [0.15, 0.2) is 16.7 Å². The smallest absolute Gasteiger partial charge is 0.341 e. The van der Waals surface area contributed by atoms with E-state index in [9.17, 15) is 14.4 Å². The van der Waals surface area contributed by atoms with E-state index >= 15 is 0 Å². The predicted octanol–water partition coefficient (Wildman–Crippen LogP) is 9.24. The highest BCUT2D eigenvalue weighted by Crippen LogP contribution is 2.42. The summed E-state index contributed by atoms with van der Waals surface area (Å²) in [7, 11) is 0. The van der Waals surface area contributed by atoms with Crippen LogP contribution in [0.4, 0.5) is 5.69 Å². The van der Waals surface area contributed by atoms with Gasteiger partial charge in [-0.1, -0.05) is 128 Å². The summed E-state index contributed by atoms with van der Waals surface area (Å²) >= 11 is 5.67. The van der Waals surface area contributed by atoms with Crippen LogP contribution < -0.4 is 10.6 Å². The van der Waals surface area contributed by atoms with Gasteiger partial charge in [-0.25, -0.2) is 34.7 Å². The van der Waals surface area contributed by atoms with Crippen molar-refractivity contribution in [3.63, 3.8) is 0 Å². The first-order chi connectivity index (χ1) is 38.6. The topological polar surface area (TPSA) is 206 Å². The van der Waals surface area contributed by atoms with Crippen molar-refractivity contribution in [3.05, 3.63) is 209 Å². The molecule has 79 heavy (non-hydrogen) atoms. The van der Waals surface area contributed by atoms with Crippen molar-refractivity contribution < 1.29 is 29.3 Å². The van der Waals surface area contributed by atoms with E-state index in [1.807, 2.05) is 48.5 Å². The quantitative estimate of drug-likeness (QED) is 0.0404. The Morgan fingerprint density at radius 2 is 0.899 bits per heavy atom. The maximum atomic E-state index is 11.7. The first-order valence-corrected chi connectivity index (χ1v) is 27.8. The number of likely N-dealkylation sites (tertiary alicyclic amines) is 1. The molecule has 410 valence electrons. The molecule has 0 bridgehead atoms. The van der Waals surface area contributed by atoms with E-state index in [4.69, 9.17) is 27.2 Å². The van der Waals surface area contributed by atoms with Crippen LogP contribution in [0.15, 0.2) is 159 Å². The molecule has 0 amide bonds. The van der Waals surface area contributed by atoms with Crippen molar-refractivity contribution in [2.24, 2.45) is 0 Å². The van der Waals surface area contributed by atoms with E-state index in [0.29, 0.717) is 35.5 Å². The average Bonchev–Trinajstić information content (AvgIpc) is 3.51. The number of hydrogen-bond acceptors (Lipinski definition) is 14. The van der Waals surface area contributed by atoms with Gasteiger partial charge in [0.25, 0.3) is 0 Å². The van der Waals surface area contributed by atoms with Crippen LogP contribution in [-0.2, 0) is 40.2 Å². The summed E-state index contributed by atoms with van der Waals surface area (Å²) in [6.07, 6.45) is 21.5. The Bertz CT molecular complexity index is 3010. The predicted molar refractivity (Wildman–Crippen MR) is 309 cm³/mol. The molecule has 3 aliphatic rings. The molecule has 1 aliphatic carbocycles. The lowest BCUT2D eigenvalue weighted by molar-refractivity contribution is 0.0525. The van der Waals surface area contributed by atoms with Crippen LogP contribution in [0.25, 0.3) is 0 Å². The number of ketones is 2. The molecule has 0 atom stereocenters. The van der Waals surface area contributed by atoms with Gasteiger partial charge in [0.2, 0.25) is 0 Å². The summed E-state index contributed by atoms with van der Waals surface area (Å²) in [5.74, 6) is 1.15. The average molecular weight is 1080 g/mol. The zero-order chi connectivity index (χ0) is 55.3. The van der Waals surface area contributed by atoms with Crippen LogP contribution in [0, 0.1) is 0 Å². The van der Waals surface area contributed by atoms with Crippen molar-refractivity contribution in [1.29, 1.82) is 0 Å². The summed E-state index contributed by atoms with van der Waals surface area (Å²) in [5.41, 5.74) is 6.10. The number of ether oxygens (including phenoxy) is 1. The van der Waals surface area contributed by atoms with Crippen molar-refractivity contribution in [2.75, 3.05) is 51.3 Å². The van der Waals surface area contributed by atoms with Gasteiger partial charge < -0.3 is 30.5 Å². The summed E-state index contributed by atoms with van der Waals surface area (Å²) in [4.78, 5) is 63.5. The number of Topliss-reactive ketones (excluding diaryl/α,β-unsaturated/α-hetero) is 2. The highest BCUT2D eigenvalue weighted by atomic mass is 32.1. The van der Waals surface area contributed by atoms with Gasteiger partial charge in [0.1, 0.15) is 30.7 Å². The SMILES string of the molecule is CCOC(=O)c1cnc(CC2(c3ccccc3)CCNCC2)nc1.O=C(CO)c1cnc(CC2(c3ccccc3)CCCCC2)nc1.O=C(CO)c1cnc(CC2(c3ccccc3)CCN(C(=S)Nc3ccccc3)CC2)nc1. The van der Waals surface area contributed by atoms with Crippen molar-refractivity contribution in [1.82, 2.24) is 40.1 Å². The number of thiocarbonyl (C=S) groups is 1. The molecule has 10 rings (SSSR count). The fraction of sp³-hybridized carbons (Fsp3) is 0.365. The lowest BCUT2D eigenvalue weighted by atomic mass is 9.67. The van der Waals surface area contributed by atoms with Crippen LogP contribution in [-0.4, -0.2) is 114 Å². The molecular formula is C63H71N9O6S. The maximum absolute atomic E-state index is 11.7. The third kappa shape index (κ3) is 15.4. The molecule has 2 aliphatic heterocycles. The molecule has 4 N–H and O–H groups in total. The number of piperidine rings is 2. The van der Waals surface area contributed by atoms with Gasteiger partial charge in [0.05, 0.1) is 23.3 Å². The van der Waals surface area contributed by atoms with E-state index < -0.39 is 13.2 Å². The number of carbonyl (C=O) groups excluding carboxylic acids is 3. The molecular weight excluding hydrogens is 1010 g/mol. The molecule has 2 saturated heterocycles. The second-order valence-electron chi connectivity index (χ2n) is 20.6. The van der Waals surface area contributed by atoms with Gasteiger partial charge in [-0.15, -0.1) is 0 Å². The summed E-state index contributed by atoms with van der Waals surface area (Å²) < 4.78 is 4.98. The molecule has 3 aromatic heterocycles. The summed E-state index contributed by atoms with van der Waals surface area (Å²) in [6.45, 7) is 4.74. The minimum Gasteiger partial charge on any atom is -0.462 e. The van der Waals surface area contributed by atoms with Crippen molar-refractivity contribution in [3.8, 4) is 0 Å². The van der Waals surface area contributed by atoms with Gasteiger partial charge in [-0.05, 0) is 99.6 Å². The second-order valence-corrected chi connectivity index (χ2v) is 21.0. The number of nitrogens with one attached hydrogen (secondary N) is 2. The Balaban J connectivity index is 0.000000159. The lowest BCUT2D eigenvalue weighted by Gasteiger charge is -2.43. The molecule has 5 heterocycles. The van der Waals surface area contributed by atoms with Gasteiger partial charge >= 0.3 is 5.97 Å². The molecule has 0 unspecified atom stereocenters. The Kier molecular flexibility index (Phi) is 20.7. The van der Waals surface area contributed by atoms with Crippen molar-refractivity contribution in [2.45, 2.75) is 100 Å². The minimum atomic E-state index is -0.538. The van der Waals surface area contributed by atoms with E-state index in [1.165, 1.54) is 60.7 Å². The number of nitrogens with zero attached hydrogens (tertiary/aromatic N) is 7. The number of hydrogen-bond donors (Lipinski definition) is 4. The Morgan fingerprint density at radius 3 is 1.29 bits per heavy atom. The van der Waals surface area contributed by atoms with Crippen LogP contribution in [0.1, 0.15) is 130 Å². The number of carbonyl (C=O) groups is 3. The normalized spacial score (nSPS) is 16.1. The molecule has 16 heteroatoms. The largest absolute Gasteiger partial charge is 0.462 e. The number of anilines is 1. The Labute approximate surface area is 468 Å². The number of rotatable bonds is 16. The lowest BCUT2D eigenvalue weighted by Crippen LogP contribution is -2.47. The number of para-hydroxylation sites is 1. The van der Waals surface area contributed by atoms with Gasteiger partial charge in [-0.3, -0.25) is 9.59 Å². The van der Waals surface area contributed by atoms with Gasteiger partial charge in [0, 0.05) is 91.5 Å². The maximum Gasteiger partial charge on any atom is 0.341 e. The van der Waals surface area contributed by atoms with E-state index in [1.54, 1.807) is 19.3 Å². The van der Waals surface area contributed by atoms with Crippen LogP contribution in [0.5, 0.6) is 0 Å². The van der Waals surface area contributed by atoms with Crippen LogP contribution in [0.3, 0.4) is 0 Å². The number of aliphatic hydroxyl groups is 2. The molecule has 1 saturated carbocycles. The number of esters is 1. The Morgan fingerprint density at radius 1 is 0.532 bits per heavy atom. The van der Waals surface area contributed by atoms with E-state index in [2.05, 4.69) is 118 Å². The number of benzene rings is 4. The summed E-state index contributed by atoms with van der Waals surface area (Å²) in [5, 5.41) is 25.4. The molecule has 15 nitrogen and oxygen atoms in total. The van der Waals surface area contributed by atoms with Crippen LogP contribution in [0.2, 0.25) is 0 Å². The molecule has 3 fully saturated rings. The zero-order valence-electron chi connectivity index (χ0n) is 45.0. The molecule has 0 radical (unpaired) electrons. The second kappa shape index (κ2) is 28.4. The van der Waals surface area contributed by atoms with E-state index in [0.717, 1.165) is 100.0 Å². The fourth-order valence-corrected chi connectivity index (χ4v) is 11.4. The third-order valence-electron chi connectivity index (χ3n) is 15.6. The van der Waals surface area contributed by atoms with Gasteiger partial charge in [-0.2, -0.15) is 0 Å². The van der Waals surface area contributed by atoms with Crippen molar-refractivity contribution >= 4 is 40.6 Å².